The number of nitrogens with one attached hydrogen (secondary N) is 1. The van der Waals surface area contributed by atoms with Crippen molar-refractivity contribution in [3.63, 3.8) is 0 Å². The van der Waals surface area contributed by atoms with Crippen LogP contribution < -0.4 is 5.32 Å². The Kier molecular flexibility index (Phi) is 6.20. The van der Waals surface area contributed by atoms with Crippen LogP contribution in [0.15, 0.2) is 18.2 Å². The Balaban J connectivity index is 2.07. The van der Waals surface area contributed by atoms with Crippen LogP contribution in [0, 0.1) is 11.8 Å². The lowest BCUT2D eigenvalue weighted by Crippen LogP contribution is -2.37. The van der Waals surface area contributed by atoms with Gasteiger partial charge in [0.05, 0.1) is 10.0 Å². The minimum atomic E-state index is 0.521. The molecule has 3 heteroatoms. The third-order valence-corrected chi connectivity index (χ3v) is 5.52. The number of benzene rings is 1. The monoisotopic (exact) mass is 313 g/mol. The molecule has 0 amide bonds. The van der Waals surface area contributed by atoms with E-state index in [0.29, 0.717) is 11.1 Å². The van der Waals surface area contributed by atoms with Crippen LogP contribution in [0.5, 0.6) is 0 Å². The van der Waals surface area contributed by atoms with Crippen LogP contribution >= 0.6 is 23.2 Å². The summed E-state index contributed by atoms with van der Waals surface area (Å²) in [4.78, 5) is 0. The van der Waals surface area contributed by atoms with Crippen molar-refractivity contribution in [2.75, 3.05) is 6.54 Å². The lowest BCUT2D eigenvalue weighted by atomic mass is 9.91. The van der Waals surface area contributed by atoms with E-state index in [1.807, 2.05) is 12.1 Å². The fourth-order valence-electron chi connectivity index (χ4n) is 3.46. The molecule has 1 aromatic carbocycles. The molecule has 1 nitrogen and oxygen atoms in total. The molecule has 0 bridgehead atoms. The second kappa shape index (κ2) is 7.68. The molecule has 2 rings (SSSR count). The molecular formula is C17H25Cl2N. The summed E-state index contributed by atoms with van der Waals surface area (Å²) >= 11 is 12.5. The third kappa shape index (κ3) is 3.90. The van der Waals surface area contributed by atoms with Crippen molar-refractivity contribution < 1.29 is 0 Å². The zero-order valence-electron chi connectivity index (χ0n) is 12.5. The van der Waals surface area contributed by atoms with Crippen LogP contribution in [0.25, 0.3) is 0 Å². The van der Waals surface area contributed by atoms with Gasteiger partial charge >= 0.3 is 0 Å². The van der Waals surface area contributed by atoms with Gasteiger partial charge in [0.15, 0.2) is 0 Å². The number of likely N-dealkylation sites (N-methyl/N-ethyl adjacent to an activating group) is 1. The maximum Gasteiger partial charge on any atom is 0.0624 e. The van der Waals surface area contributed by atoms with Crippen molar-refractivity contribution in [3.8, 4) is 0 Å². The minimum absolute atomic E-state index is 0.521. The fourth-order valence-corrected chi connectivity index (χ4v) is 3.86. The first-order valence-electron chi connectivity index (χ1n) is 7.81. The van der Waals surface area contributed by atoms with Crippen LogP contribution in [0.1, 0.15) is 45.1 Å². The number of hydrogen-bond acceptors (Lipinski definition) is 1. The van der Waals surface area contributed by atoms with Crippen molar-refractivity contribution >= 4 is 23.2 Å². The van der Waals surface area contributed by atoms with Crippen LogP contribution in [-0.4, -0.2) is 12.6 Å². The maximum atomic E-state index is 6.34. The summed E-state index contributed by atoms with van der Waals surface area (Å²) in [6.07, 6.45) is 6.37. The highest BCUT2D eigenvalue weighted by Crippen LogP contribution is 2.36. The van der Waals surface area contributed by atoms with Gasteiger partial charge in [-0.15, -0.1) is 0 Å². The van der Waals surface area contributed by atoms with Gasteiger partial charge in [0, 0.05) is 6.04 Å². The molecule has 112 valence electrons. The molecule has 3 unspecified atom stereocenters. The van der Waals surface area contributed by atoms with Gasteiger partial charge in [-0.2, -0.15) is 0 Å². The zero-order chi connectivity index (χ0) is 14.5. The molecule has 1 N–H and O–H groups in total. The first kappa shape index (κ1) is 16.1. The molecule has 1 saturated carbocycles. The van der Waals surface area contributed by atoms with E-state index in [9.17, 15) is 0 Å². The average molecular weight is 314 g/mol. The topological polar surface area (TPSA) is 12.0 Å². The minimum Gasteiger partial charge on any atom is -0.314 e. The molecule has 1 aromatic rings. The summed E-state index contributed by atoms with van der Waals surface area (Å²) in [7, 11) is 0. The zero-order valence-corrected chi connectivity index (χ0v) is 14.0. The SMILES string of the molecule is CCNC(Cc1cccc(Cl)c1Cl)C1CCC(CC)C1. The Hall–Kier alpha value is -0.240. The third-order valence-electron chi connectivity index (χ3n) is 4.67. The van der Waals surface area contributed by atoms with Gasteiger partial charge < -0.3 is 5.32 Å². The Morgan fingerprint density at radius 1 is 1.25 bits per heavy atom. The summed E-state index contributed by atoms with van der Waals surface area (Å²) in [6, 6.07) is 6.48. The largest absolute Gasteiger partial charge is 0.314 e. The van der Waals surface area contributed by atoms with Crippen molar-refractivity contribution in [2.24, 2.45) is 11.8 Å². The molecule has 0 saturated heterocycles. The van der Waals surface area contributed by atoms with E-state index in [0.717, 1.165) is 29.8 Å². The Bertz CT molecular complexity index is 433. The second-order valence-electron chi connectivity index (χ2n) is 5.93. The molecule has 0 aliphatic heterocycles. The van der Waals surface area contributed by atoms with Gasteiger partial charge in [-0.05, 0) is 49.3 Å². The Morgan fingerprint density at radius 3 is 2.70 bits per heavy atom. The second-order valence-corrected chi connectivity index (χ2v) is 6.71. The lowest BCUT2D eigenvalue weighted by Gasteiger charge is -2.25. The summed E-state index contributed by atoms with van der Waals surface area (Å²) in [5.41, 5.74) is 1.17. The summed E-state index contributed by atoms with van der Waals surface area (Å²) < 4.78 is 0. The van der Waals surface area contributed by atoms with Crippen molar-refractivity contribution in [2.45, 2.75) is 52.0 Å². The molecule has 0 spiro atoms. The van der Waals surface area contributed by atoms with E-state index >= 15 is 0 Å². The van der Waals surface area contributed by atoms with Crippen LogP contribution in [0.4, 0.5) is 0 Å². The van der Waals surface area contributed by atoms with E-state index in [1.54, 1.807) is 0 Å². The molecule has 1 aliphatic rings. The average Bonchev–Trinajstić information content (AvgIpc) is 2.92. The number of hydrogen-bond donors (Lipinski definition) is 1. The molecule has 0 radical (unpaired) electrons. The molecule has 0 heterocycles. The summed E-state index contributed by atoms with van der Waals surface area (Å²) in [6.45, 7) is 5.50. The quantitative estimate of drug-likeness (QED) is 0.747. The summed E-state index contributed by atoms with van der Waals surface area (Å²) in [5.74, 6) is 1.69. The highest BCUT2D eigenvalue weighted by molar-refractivity contribution is 6.42. The first-order chi connectivity index (χ1) is 9.65. The highest BCUT2D eigenvalue weighted by atomic mass is 35.5. The Morgan fingerprint density at radius 2 is 2.05 bits per heavy atom. The molecular weight excluding hydrogens is 289 g/mol. The van der Waals surface area contributed by atoms with Crippen molar-refractivity contribution in [1.29, 1.82) is 0 Å². The molecule has 1 fully saturated rings. The first-order valence-corrected chi connectivity index (χ1v) is 8.57. The van der Waals surface area contributed by atoms with Gasteiger partial charge in [0.25, 0.3) is 0 Å². The van der Waals surface area contributed by atoms with Gasteiger partial charge in [-0.3, -0.25) is 0 Å². The van der Waals surface area contributed by atoms with Gasteiger partial charge in [0.2, 0.25) is 0 Å². The predicted octanol–water partition coefficient (Wildman–Crippen LogP) is 5.34. The summed E-state index contributed by atoms with van der Waals surface area (Å²) in [5, 5.41) is 5.05. The van der Waals surface area contributed by atoms with Gasteiger partial charge in [-0.25, -0.2) is 0 Å². The van der Waals surface area contributed by atoms with Crippen LogP contribution in [0.3, 0.4) is 0 Å². The standard InChI is InChI=1S/C17H25Cl2N/c1-3-12-8-9-13(10-12)16(20-4-2)11-14-6-5-7-15(18)17(14)19/h5-7,12-13,16,20H,3-4,8-11H2,1-2H3. The molecule has 3 atom stereocenters. The predicted molar refractivity (Wildman–Crippen MR) is 88.8 cm³/mol. The fraction of sp³-hybridized carbons (Fsp3) is 0.647. The maximum absolute atomic E-state index is 6.34. The van der Waals surface area contributed by atoms with E-state index in [4.69, 9.17) is 23.2 Å². The highest BCUT2D eigenvalue weighted by Gasteiger charge is 2.30. The van der Waals surface area contributed by atoms with E-state index in [-0.39, 0.29) is 0 Å². The molecule has 1 aliphatic carbocycles. The lowest BCUT2D eigenvalue weighted by molar-refractivity contribution is 0.349. The van der Waals surface area contributed by atoms with Crippen LogP contribution in [0.2, 0.25) is 10.0 Å². The normalized spacial score (nSPS) is 24.0. The van der Waals surface area contributed by atoms with Crippen molar-refractivity contribution in [1.82, 2.24) is 5.32 Å². The van der Waals surface area contributed by atoms with Gasteiger partial charge in [0.1, 0.15) is 0 Å². The van der Waals surface area contributed by atoms with Gasteiger partial charge in [-0.1, -0.05) is 62.0 Å². The molecule has 0 aromatic heterocycles. The van der Waals surface area contributed by atoms with Crippen molar-refractivity contribution in [3.05, 3.63) is 33.8 Å². The molecule has 20 heavy (non-hydrogen) atoms. The van der Waals surface area contributed by atoms with E-state index in [1.165, 1.54) is 31.2 Å². The number of halogens is 2. The van der Waals surface area contributed by atoms with E-state index in [2.05, 4.69) is 25.2 Å². The van der Waals surface area contributed by atoms with Crippen LogP contribution in [-0.2, 0) is 6.42 Å². The smallest absolute Gasteiger partial charge is 0.0624 e. The Labute approximate surface area is 133 Å². The van der Waals surface area contributed by atoms with E-state index < -0.39 is 0 Å². The number of rotatable bonds is 6.